The van der Waals surface area contributed by atoms with Crippen molar-refractivity contribution in [3.63, 3.8) is 0 Å². The lowest BCUT2D eigenvalue weighted by Gasteiger charge is -2.13. The lowest BCUT2D eigenvalue weighted by atomic mass is 10.1. The fourth-order valence-electron chi connectivity index (χ4n) is 2.53. The summed E-state index contributed by atoms with van der Waals surface area (Å²) in [6.45, 7) is 0.894. The van der Waals surface area contributed by atoms with Crippen molar-refractivity contribution in [2.75, 3.05) is 6.54 Å². The van der Waals surface area contributed by atoms with Crippen LogP contribution in [0.4, 0.5) is 0 Å². The van der Waals surface area contributed by atoms with Gasteiger partial charge in [-0.05, 0) is 48.2 Å². The average molecular weight is 296 g/mol. The number of para-hydroxylation sites is 1. The Morgan fingerprint density at radius 2 is 1.95 bits per heavy atom. The summed E-state index contributed by atoms with van der Waals surface area (Å²) in [5, 5.41) is 11.2. The Labute approximate surface area is 129 Å². The van der Waals surface area contributed by atoms with Crippen LogP contribution in [0.15, 0.2) is 60.8 Å². The van der Waals surface area contributed by atoms with Crippen molar-refractivity contribution < 1.29 is 9.84 Å². The SMILES string of the molecule is NCCC(O)c1cccc(OCn2ccc3ccccc32)c1. The standard InChI is InChI=1S/C18H20N2O2/c19-10-8-18(21)15-5-3-6-16(12-15)22-13-20-11-9-14-4-1-2-7-17(14)20/h1-7,9,11-12,18,21H,8,10,13,19H2. The van der Waals surface area contributed by atoms with E-state index in [1.54, 1.807) is 0 Å². The summed E-state index contributed by atoms with van der Waals surface area (Å²) in [6, 6.07) is 17.8. The number of nitrogens with zero attached hydrogens (tertiary/aromatic N) is 1. The van der Waals surface area contributed by atoms with E-state index in [0.29, 0.717) is 19.7 Å². The Hall–Kier alpha value is -2.30. The lowest BCUT2D eigenvalue weighted by Crippen LogP contribution is -2.07. The van der Waals surface area contributed by atoms with Gasteiger partial charge in [0.15, 0.2) is 6.73 Å². The zero-order valence-electron chi connectivity index (χ0n) is 12.4. The molecule has 1 unspecified atom stereocenters. The van der Waals surface area contributed by atoms with E-state index in [0.717, 1.165) is 16.8 Å². The number of nitrogens with two attached hydrogens (primary N) is 1. The predicted molar refractivity (Wildman–Crippen MR) is 87.6 cm³/mol. The summed E-state index contributed by atoms with van der Waals surface area (Å²) >= 11 is 0. The van der Waals surface area contributed by atoms with Gasteiger partial charge in [-0.15, -0.1) is 0 Å². The molecule has 0 aliphatic heterocycles. The zero-order chi connectivity index (χ0) is 15.4. The number of hydrogen-bond donors (Lipinski definition) is 2. The van der Waals surface area contributed by atoms with Crippen molar-refractivity contribution in [3.05, 3.63) is 66.4 Å². The zero-order valence-corrected chi connectivity index (χ0v) is 12.4. The van der Waals surface area contributed by atoms with Crippen LogP contribution in [-0.4, -0.2) is 16.2 Å². The molecule has 0 radical (unpaired) electrons. The molecule has 0 saturated heterocycles. The van der Waals surface area contributed by atoms with Gasteiger partial charge in [0, 0.05) is 6.20 Å². The summed E-state index contributed by atoms with van der Waals surface area (Å²) in [7, 11) is 0. The summed E-state index contributed by atoms with van der Waals surface area (Å²) in [5.74, 6) is 0.742. The van der Waals surface area contributed by atoms with E-state index in [1.165, 1.54) is 5.39 Å². The molecule has 0 spiro atoms. The van der Waals surface area contributed by atoms with Gasteiger partial charge >= 0.3 is 0 Å². The molecular weight excluding hydrogens is 276 g/mol. The number of benzene rings is 2. The number of fused-ring (bicyclic) bond motifs is 1. The van der Waals surface area contributed by atoms with Crippen LogP contribution in [0.2, 0.25) is 0 Å². The largest absolute Gasteiger partial charge is 0.473 e. The van der Waals surface area contributed by atoms with Gasteiger partial charge in [-0.2, -0.15) is 0 Å². The first kappa shape index (κ1) is 14.6. The third-order valence-electron chi connectivity index (χ3n) is 3.73. The van der Waals surface area contributed by atoms with Gasteiger partial charge in [0.25, 0.3) is 0 Å². The van der Waals surface area contributed by atoms with E-state index in [4.69, 9.17) is 10.5 Å². The molecule has 3 N–H and O–H groups in total. The number of aliphatic hydroxyl groups excluding tert-OH is 1. The minimum atomic E-state index is -0.541. The van der Waals surface area contributed by atoms with Gasteiger partial charge in [0.05, 0.1) is 11.6 Å². The monoisotopic (exact) mass is 296 g/mol. The molecule has 3 rings (SSSR count). The number of hydrogen-bond acceptors (Lipinski definition) is 3. The first-order chi connectivity index (χ1) is 10.8. The molecule has 3 aromatic rings. The van der Waals surface area contributed by atoms with Crippen molar-refractivity contribution in [1.29, 1.82) is 0 Å². The van der Waals surface area contributed by atoms with Gasteiger partial charge in [-0.25, -0.2) is 0 Å². The van der Waals surface area contributed by atoms with Gasteiger partial charge in [-0.1, -0.05) is 30.3 Å². The maximum absolute atomic E-state index is 10.00. The highest BCUT2D eigenvalue weighted by molar-refractivity contribution is 5.79. The van der Waals surface area contributed by atoms with Gasteiger partial charge in [0.1, 0.15) is 5.75 Å². The molecule has 0 amide bonds. The molecule has 4 heteroatoms. The van der Waals surface area contributed by atoms with Gasteiger partial charge in [0.2, 0.25) is 0 Å². The Morgan fingerprint density at radius 3 is 2.82 bits per heavy atom. The number of aromatic nitrogens is 1. The van der Waals surface area contributed by atoms with E-state index < -0.39 is 6.10 Å². The molecule has 4 nitrogen and oxygen atoms in total. The molecule has 0 fully saturated rings. The van der Waals surface area contributed by atoms with Crippen LogP contribution in [-0.2, 0) is 6.73 Å². The number of rotatable bonds is 6. The molecule has 114 valence electrons. The number of ether oxygens (including phenoxy) is 1. The predicted octanol–water partition coefficient (Wildman–Crippen LogP) is 3.06. The van der Waals surface area contributed by atoms with Gasteiger partial charge in [-0.3, -0.25) is 0 Å². The highest BCUT2D eigenvalue weighted by Crippen LogP contribution is 2.22. The van der Waals surface area contributed by atoms with E-state index in [-0.39, 0.29) is 0 Å². The molecule has 0 bridgehead atoms. The summed E-state index contributed by atoms with van der Waals surface area (Å²) in [5.41, 5.74) is 7.46. The first-order valence-corrected chi connectivity index (χ1v) is 7.42. The highest BCUT2D eigenvalue weighted by Gasteiger charge is 2.07. The molecule has 0 aliphatic rings. The van der Waals surface area contributed by atoms with Crippen LogP contribution in [0.1, 0.15) is 18.1 Å². The quantitative estimate of drug-likeness (QED) is 0.735. The fourth-order valence-corrected chi connectivity index (χ4v) is 2.53. The van der Waals surface area contributed by atoms with Crippen LogP contribution in [0, 0.1) is 0 Å². The molecule has 1 aromatic heterocycles. The van der Waals surface area contributed by atoms with E-state index in [1.807, 2.05) is 42.6 Å². The van der Waals surface area contributed by atoms with Crippen molar-refractivity contribution in [1.82, 2.24) is 4.57 Å². The van der Waals surface area contributed by atoms with E-state index in [9.17, 15) is 5.11 Å². The highest BCUT2D eigenvalue weighted by atomic mass is 16.5. The first-order valence-electron chi connectivity index (χ1n) is 7.42. The molecule has 22 heavy (non-hydrogen) atoms. The van der Waals surface area contributed by atoms with Crippen molar-refractivity contribution in [3.8, 4) is 5.75 Å². The minimum absolute atomic E-state index is 0.434. The Kier molecular flexibility index (Phi) is 4.42. The second-order valence-corrected chi connectivity index (χ2v) is 5.28. The van der Waals surface area contributed by atoms with Crippen molar-refractivity contribution >= 4 is 10.9 Å². The van der Waals surface area contributed by atoms with E-state index >= 15 is 0 Å². The smallest absolute Gasteiger partial charge is 0.165 e. The van der Waals surface area contributed by atoms with Crippen LogP contribution in [0.3, 0.4) is 0 Å². The minimum Gasteiger partial charge on any atom is -0.473 e. The van der Waals surface area contributed by atoms with Crippen LogP contribution in [0.5, 0.6) is 5.75 Å². The third-order valence-corrected chi connectivity index (χ3v) is 3.73. The van der Waals surface area contributed by atoms with Crippen LogP contribution < -0.4 is 10.5 Å². The average Bonchev–Trinajstić information content (AvgIpc) is 2.97. The van der Waals surface area contributed by atoms with Crippen LogP contribution in [0.25, 0.3) is 10.9 Å². The Bertz CT molecular complexity index is 751. The van der Waals surface area contributed by atoms with E-state index in [2.05, 4.69) is 22.8 Å². The lowest BCUT2D eigenvalue weighted by molar-refractivity contribution is 0.169. The Morgan fingerprint density at radius 1 is 1.09 bits per heavy atom. The molecule has 0 aliphatic carbocycles. The third kappa shape index (κ3) is 3.13. The maximum Gasteiger partial charge on any atom is 0.165 e. The van der Waals surface area contributed by atoms with Gasteiger partial charge < -0.3 is 20.1 Å². The molecule has 1 atom stereocenters. The second-order valence-electron chi connectivity index (χ2n) is 5.28. The molecule has 2 aromatic carbocycles. The number of aliphatic hydroxyl groups is 1. The normalized spacial score (nSPS) is 12.5. The summed E-state index contributed by atoms with van der Waals surface area (Å²) in [6.07, 6.45) is 2.02. The topological polar surface area (TPSA) is 60.4 Å². The molecule has 1 heterocycles. The van der Waals surface area contributed by atoms with Crippen LogP contribution >= 0.6 is 0 Å². The Balaban J connectivity index is 1.72. The summed E-state index contributed by atoms with van der Waals surface area (Å²) in [4.78, 5) is 0. The van der Waals surface area contributed by atoms with Crippen molar-refractivity contribution in [2.24, 2.45) is 5.73 Å². The second kappa shape index (κ2) is 6.64. The molecular formula is C18H20N2O2. The molecule has 0 saturated carbocycles. The fraction of sp³-hybridized carbons (Fsp3) is 0.222. The van der Waals surface area contributed by atoms with Crippen molar-refractivity contribution in [2.45, 2.75) is 19.3 Å². The summed E-state index contributed by atoms with van der Waals surface area (Å²) < 4.78 is 7.90. The maximum atomic E-state index is 10.00.